The number of ether oxygens (including phenoxy) is 1. The number of methoxy groups -OCH3 is 1. The minimum atomic E-state index is -0.652. The van der Waals surface area contributed by atoms with Gasteiger partial charge in [-0.15, -0.1) is 0 Å². The van der Waals surface area contributed by atoms with E-state index in [1.807, 2.05) is 0 Å². The molecule has 112 valence electrons. The smallest absolute Gasteiger partial charge is 0.146 e. The molecule has 3 N–H and O–H groups in total. The van der Waals surface area contributed by atoms with Crippen molar-refractivity contribution in [1.29, 1.82) is 0 Å². The molecule has 0 amide bonds. The number of rotatable bonds is 5. The van der Waals surface area contributed by atoms with Crippen molar-refractivity contribution >= 4 is 17.3 Å². The highest BCUT2D eigenvalue weighted by atomic mass is 35.5. The summed E-state index contributed by atoms with van der Waals surface area (Å²) >= 11 is 6.01. The van der Waals surface area contributed by atoms with E-state index in [0.717, 1.165) is 0 Å². The third-order valence-electron chi connectivity index (χ3n) is 3.09. The van der Waals surface area contributed by atoms with Gasteiger partial charge in [0.25, 0.3) is 0 Å². The average molecular weight is 313 g/mol. The molecule has 2 rings (SSSR count). The summed E-state index contributed by atoms with van der Waals surface area (Å²) in [5.41, 5.74) is 6.05. The first-order chi connectivity index (χ1) is 10.1. The Kier molecular flexibility index (Phi) is 4.98. The van der Waals surface area contributed by atoms with Crippen molar-refractivity contribution in [2.24, 2.45) is 5.73 Å². The van der Waals surface area contributed by atoms with E-state index in [0.29, 0.717) is 5.75 Å². The Hall–Kier alpha value is -1.85. The first-order valence-electron chi connectivity index (χ1n) is 6.31. The molecule has 0 aliphatic carbocycles. The lowest BCUT2D eigenvalue weighted by Gasteiger charge is -2.21. The van der Waals surface area contributed by atoms with Crippen LogP contribution in [0.3, 0.4) is 0 Å². The summed E-state index contributed by atoms with van der Waals surface area (Å²) in [6.07, 6.45) is 0. The van der Waals surface area contributed by atoms with Crippen molar-refractivity contribution in [3.8, 4) is 5.75 Å². The van der Waals surface area contributed by atoms with Crippen LogP contribution in [0.15, 0.2) is 36.4 Å². The summed E-state index contributed by atoms with van der Waals surface area (Å²) in [5.74, 6) is -0.496. The highest BCUT2D eigenvalue weighted by Gasteiger charge is 2.19. The fraction of sp³-hybridized carbons (Fsp3) is 0.200. The molecular weight excluding hydrogens is 298 g/mol. The molecule has 0 aliphatic rings. The summed E-state index contributed by atoms with van der Waals surface area (Å²) in [6.45, 7) is 0.0529. The van der Waals surface area contributed by atoms with Gasteiger partial charge in [0.1, 0.15) is 17.4 Å². The van der Waals surface area contributed by atoms with E-state index in [-0.39, 0.29) is 22.8 Å². The van der Waals surface area contributed by atoms with Crippen LogP contribution in [0.4, 0.5) is 14.5 Å². The maximum atomic E-state index is 13.9. The molecule has 0 bridgehead atoms. The van der Waals surface area contributed by atoms with Crippen molar-refractivity contribution in [2.75, 3.05) is 19.0 Å². The van der Waals surface area contributed by atoms with E-state index in [2.05, 4.69) is 5.32 Å². The summed E-state index contributed by atoms with van der Waals surface area (Å²) in [4.78, 5) is 0. The Balaban J connectivity index is 2.36. The summed E-state index contributed by atoms with van der Waals surface area (Å²) < 4.78 is 32.8. The molecule has 0 spiro atoms. The molecule has 21 heavy (non-hydrogen) atoms. The fourth-order valence-corrected chi connectivity index (χ4v) is 2.32. The van der Waals surface area contributed by atoms with Gasteiger partial charge in [0, 0.05) is 23.2 Å². The Morgan fingerprint density at radius 3 is 2.62 bits per heavy atom. The van der Waals surface area contributed by atoms with Gasteiger partial charge in [-0.1, -0.05) is 17.7 Å². The van der Waals surface area contributed by atoms with Gasteiger partial charge >= 0.3 is 0 Å². The van der Waals surface area contributed by atoms with Gasteiger partial charge in [-0.05, 0) is 24.3 Å². The standard InChI is InChI=1S/C15H15ClF2N2O/c1-21-9-5-6-11(17)13(7-9)20-14(8-19)15-10(16)3-2-4-12(15)18/h2-7,14,20H,8,19H2,1H3. The van der Waals surface area contributed by atoms with Gasteiger partial charge in [-0.25, -0.2) is 8.78 Å². The molecule has 0 radical (unpaired) electrons. The van der Waals surface area contributed by atoms with E-state index < -0.39 is 17.7 Å². The predicted octanol–water partition coefficient (Wildman–Crippen LogP) is 3.74. The zero-order valence-electron chi connectivity index (χ0n) is 11.4. The minimum Gasteiger partial charge on any atom is -0.497 e. The molecule has 2 aromatic rings. The summed E-state index contributed by atoms with van der Waals surface area (Å²) in [6, 6.07) is 7.93. The van der Waals surface area contributed by atoms with Gasteiger partial charge in [0.15, 0.2) is 0 Å². The summed E-state index contributed by atoms with van der Waals surface area (Å²) in [5, 5.41) is 3.10. The quantitative estimate of drug-likeness (QED) is 0.884. The molecule has 1 atom stereocenters. The van der Waals surface area contributed by atoms with Crippen molar-refractivity contribution < 1.29 is 13.5 Å². The van der Waals surface area contributed by atoms with Crippen molar-refractivity contribution in [3.63, 3.8) is 0 Å². The Morgan fingerprint density at radius 2 is 2.00 bits per heavy atom. The topological polar surface area (TPSA) is 47.3 Å². The van der Waals surface area contributed by atoms with Crippen LogP contribution in [0.1, 0.15) is 11.6 Å². The molecule has 0 saturated carbocycles. The van der Waals surface area contributed by atoms with Crippen LogP contribution in [0.5, 0.6) is 5.75 Å². The molecule has 0 aliphatic heterocycles. The fourth-order valence-electron chi connectivity index (χ4n) is 2.02. The van der Waals surface area contributed by atoms with Gasteiger partial charge in [0.2, 0.25) is 0 Å². The van der Waals surface area contributed by atoms with E-state index in [4.69, 9.17) is 22.1 Å². The van der Waals surface area contributed by atoms with Crippen LogP contribution in [0.2, 0.25) is 5.02 Å². The second-order valence-corrected chi connectivity index (χ2v) is 4.82. The number of nitrogens with one attached hydrogen (secondary N) is 1. The van der Waals surface area contributed by atoms with Crippen molar-refractivity contribution in [3.05, 3.63) is 58.6 Å². The molecule has 0 heterocycles. The molecule has 0 fully saturated rings. The van der Waals surface area contributed by atoms with E-state index in [9.17, 15) is 8.78 Å². The van der Waals surface area contributed by atoms with Gasteiger partial charge in [-0.3, -0.25) is 0 Å². The number of anilines is 1. The van der Waals surface area contributed by atoms with Crippen LogP contribution in [0.25, 0.3) is 0 Å². The van der Waals surface area contributed by atoms with Crippen molar-refractivity contribution in [1.82, 2.24) is 0 Å². The zero-order valence-corrected chi connectivity index (χ0v) is 12.1. The maximum absolute atomic E-state index is 13.9. The van der Waals surface area contributed by atoms with Gasteiger partial charge in [0.05, 0.1) is 18.8 Å². The zero-order chi connectivity index (χ0) is 15.4. The normalized spacial score (nSPS) is 12.0. The number of benzene rings is 2. The lowest BCUT2D eigenvalue weighted by atomic mass is 10.1. The van der Waals surface area contributed by atoms with Gasteiger partial charge in [-0.2, -0.15) is 0 Å². The number of nitrogens with two attached hydrogens (primary N) is 1. The molecule has 3 nitrogen and oxygen atoms in total. The Bertz CT molecular complexity index is 617. The van der Waals surface area contributed by atoms with E-state index >= 15 is 0 Å². The highest BCUT2D eigenvalue weighted by Crippen LogP contribution is 2.30. The SMILES string of the molecule is COc1ccc(F)c(NC(CN)c2c(F)cccc2Cl)c1. The monoisotopic (exact) mass is 312 g/mol. The third kappa shape index (κ3) is 3.43. The first-order valence-corrected chi connectivity index (χ1v) is 6.68. The Labute approximate surface area is 126 Å². The Morgan fingerprint density at radius 1 is 1.24 bits per heavy atom. The first kappa shape index (κ1) is 15.5. The molecule has 6 heteroatoms. The largest absolute Gasteiger partial charge is 0.497 e. The number of halogens is 3. The second-order valence-electron chi connectivity index (χ2n) is 4.41. The summed E-state index contributed by atoms with van der Waals surface area (Å²) in [7, 11) is 1.48. The maximum Gasteiger partial charge on any atom is 0.146 e. The van der Waals surface area contributed by atoms with Crippen LogP contribution < -0.4 is 15.8 Å². The van der Waals surface area contributed by atoms with Crippen LogP contribution in [-0.2, 0) is 0 Å². The number of hydrogen-bond donors (Lipinski definition) is 2. The van der Waals surface area contributed by atoms with Gasteiger partial charge < -0.3 is 15.8 Å². The predicted molar refractivity (Wildman–Crippen MR) is 79.8 cm³/mol. The van der Waals surface area contributed by atoms with Crippen LogP contribution in [-0.4, -0.2) is 13.7 Å². The number of hydrogen-bond acceptors (Lipinski definition) is 3. The molecule has 0 aromatic heterocycles. The van der Waals surface area contributed by atoms with E-state index in [1.165, 1.54) is 37.4 Å². The lowest BCUT2D eigenvalue weighted by Crippen LogP contribution is -2.22. The minimum absolute atomic E-state index is 0.0529. The average Bonchev–Trinajstić information content (AvgIpc) is 2.47. The van der Waals surface area contributed by atoms with E-state index in [1.54, 1.807) is 6.07 Å². The molecule has 1 unspecified atom stereocenters. The van der Waals surface area contributed by atoms with Crippen LogP contribution in [0, 0.1) is 11.6 Å². The van der Waals surface area contributed by atoms with Crippen molar-refractivity contribution in [2.45, 2.75) is 6.04 Å². The third-order valence-corrected chi connectivity index (χ3v) is 3.42. The molecular formula is C15H15ClF2N2O. The molecule has 0 saturated heterocycles. The lowest BCUT2D eigenvalue weighted by molar-refractivity contribution is 0.414. The second kappa shape index (κ2) is 6.74. The van der Waals surface area contributed by atoms with Crippen LogP contribution >= 0.6 is 11.6 Å². The highest BCUT2D eigenvalue weighted by molar-refractivity contribution is 6.31. The molecule has 2 aromatic carbocycles.